The van der Waals surface area contributed by atoms with Crippen molar-refractivity contribution in [1.82, 2.24) is 5.32 Å². The van der Waals surface area contributed by atoms with Crippen LogP contribution in [0.5, 0.6) is 0 Å². The zero-order chi connectivity index (χ0) is 9.52. The van der Waals surface area contributed by atoms with Gasteiger partial charge in [-0.3, -0.25) is 0 Å². The van der Waals surface area contributed by atoms with Gasteiger partial charge in [0.25, 0.3) is 0 Å². The van der Waals surface area contributed by atoms with Crippen LogP contribution in [0.2, 0.25) is 0 Å². The molecule has 78 valence electrons. The number of rotatable bonds is 7. The average molecular weight is 183 g/mol. The zero-order valence-electron chi connectivity index (χ0n) is 9.31. The van der Waals surface area contributed by atoms with Crippen molar-refractivity contribution in [2.45, 2.75) is 52.4 Å². The lowest BCUT2D eigenvalue weighted by atomic mass is 9.82. The molecule has 1 heteroatoms. The summed E-state index contributed by atoms with van der Waals surface area (Å²) in [5.41, 5.74) is 0. The minimum absolute atomic E-state index is 0.846. The maximum absolute atomic E-state index is 3.52. The Labute approximate surface area is 83.3 Å². The fraction of sp³-hybridized carbons (Fsp3) is 1.00. The van der Waals surface area contributed by atoms with Gasteiger partial charge in [-0.2, -0.15) is 0 Å². The lowest BCUT2D eigenvalue weighted by molar-refractivity contribution is 0.288. The summed E-state index contributed by atoms with van der Waals surface area (Å²) in [6.45, 7) is 7.03. The molecule has 1 aliphatic rings. The Morgan fingerprint density at radius 1 is 1.23 bits per heavy atom. The van der Waals surface area contributed by atoms with Gasteiger partial charge in [0.05, 0.1) is 0 Å². The largest absolute Gasteiger partial charge is 0.317 e. The third kappa shape index (κ3) is 5.30. The Morgan fingerprint density at radius 3 is 2.54 bits per heavy atom. The highest BCUT2D eigenvalue weighted by Gasteiger charge is 2.15. The van der Waals surface area contributed by atoms with Crippen LogP contribution in [0.25, 0.3) is 0 Å². The van der Waals surface area contributed by atoms with Crippen molar-refractivity contribution in [2.75, 3.05) is 13.1 Å². The zero-order valence-corrected chi connectivity index (χ0v) is 9.31. The predicted molar refractivity (Wildman–Crippen MR) is 58.9 cm³/mol. The minimum Gasteiger partial charge on any atom is -0.317 e. The van der Waals surface area contributed by atoms with Crippen LogP contribution in [0.1, 0.15) is 52.4 Å². The molecule has 0 spiro atoms. The lowest BCUT2D eigenvalue weighted by Gasteiger charge is -2.25. The van der Waals surface area contributed by atoms with Crippen LogP contribution >= 0.6 is 0 Å². The molecule has 1 rings (SSSR count). The van der Waals surface area contributed by atoms with E-state index in [4.69, 9.17) is 0 Å². The van der Waals surface area contributed by atoms with Gasteiger partial charge in [0, 0.05) is 0 Å². The Kier molecular flexibility index (Phi) is 5.45. The van der Waals surface area contributed by atoms with Crippen molar-refractivity contribution in [1.29, 1.82) is 0 Å². The normalized spacial score (nSPS) is 17.8. The van der Waals surface area contributed by atoms with E-state index < -0.39 is 0 Å². The van der Waals surface area contributed by atoms with Crippen molar-refractivity contribution in [3.63, 3.8) is 0 Å². The number of nitrogens with one attached hydrogen (secondary N) is 1. The molecule has 0 aromatic heterocycles. The smallest absolute Gasteiger partial charge is 0.00465 e. The molecule has 0 atom stereocenters. The molecule has 0 aromatic carbocycles. The molecule has 0 aliphatic heterocycles. The van der Waals surface area contributed by atoms with Gasteiger partial charge in [0.2, 0.25) is 0 Å². The second-order valence-electron chi connectivity index (χ2n) is 4.87. The second-order valence-corrected chi connectivity index (χ2v) is 4.87. The minimum atomic E-state index is 0.846. The molecule has 1 saturated carbocycles. The average Bonchev–Trinajstić information content (AvgIpc) is 1.99. The molecule has 1 N–H and O–H groups in total. The van der Waals surface area contributed by atoms with Gasteiger partial charge in [-0.15, -0.1) is 0 Å². The molecule has 1 fully saturated rings. The summed E-state index contributed by atoms with van der Waals surface area (Å²) in [6.07, 6.45) is 8.68. The van der Waals surface area contributed by atoms with E-state index in [1.54, 1.807) is 0 Å². The first-order chi connectivity index (χ1) is 6.29. The molecule has 1 nitrogen and oxygen atoms in total. The molecule has 1 aliphatic carbocycles. The molecular weight excluding hydrogens is 158 g/mol. The molecule has 0 heterocycles. The fourth-order valence-corrected chi connectivity index (χ4v) is 1.81. The Balaban J connectivity index is 1.73. The highest BCUT2D eigenvalue weighted by Crippen LogP contribution is 2.29. The maximum Gasteiger partial charge on any atom is -0.00465 e. The van der Waals surface area contributed by atoms with E-state index in [1.807, 2.05) is 0 Å². The third-order valence-corrected chi connectivity index (χ3v) is 3.09. The summed E-state index contributed by atoms with van der Waals surface area (Å²) < 4.78 is 0. The molecule has 0 bridgehead atoms. The van der Waals surface area contributed by atoms with Crippen LogP contribution < -0.4 is 5.32 Å². The van der Waals surface area contributed by atoms with Gasteiger partial charge in [-0.25, -0.2) is 0 Å². The van der Waals surface area contributed by atoms with Crippen LogP contribution in [0.4, 0.5) is 0 Å². The molecular formula is C12H25N. The summed E-state index contributed by atoms with van der Waals surface area (Å²) >= 11 is 0. The van der Waals surface area contributed by atoms with E-state index >= 15 is 0 Å². The first-order valence-electron chi connectivity index (χ1n) is 5.99. The Hall–Kier alpha value is -0.0400. The summed E-state index contributed by atoms with van der Waals surface area (Å²) in [6, 6.07) is 0. The molecule has 0 saturated heterocycles. The van der Waals surface area contributed by atoms with Gasteiger partial charge >= 0.3 is 0 Å². The maximum atomic E-state index is 3.52. The SMILES string of the molecule is CC(C)CCNCCCC1CCC1. The van der Waals surface area contributed by atoms with Crippen molar-refractivity contribution < 1.29 is 0 Å². The Morgan fingerprint density at radius 2 is 2.00 bits per heavy atom. The van der Waals surface area contributed by atoms with Crippen molar-refractivity contribution in [3.05, 3.63) is 0 Å². The summed E-state index contributed by atoms with van der Waals surface area (Å²) in [5.74, 6) is 1.94. The van der Waals surface area contributed by atoms with Crippen LogP contribution in [0.3, 0.4) is 0 Å². The van der Waals surface area contributed by atoms with Gasteiger partial charge in [0.15, 0.2) is 0 Å². The van der Waals surface area contributed by atoms with Crippen molar-refractivity contribution in [3.8, 4) is 0 Å². The van der Waals surface area contributed by atoms with E-state index in [0.717, 1.165) is 11.8 Å². The van der Waals surface area contributed by atoms with Crippen LogP contribution in [-0.4, -0.2) is 13.1 Å². The van der Waals surface area contributed by atoms with Crippen LogP contribution in [-0.2, 0) is 0 Å². The van der Waals surface area contributed by atoms with Gasteiger partial charge in [0.1, 0.15) is 0 Å². The monoisotopic (exact) mass is 183 g/mol. The lowest BCUT2D eigenvalue weighted by Crippen LogP contribution is -2.20. The molecule has 13 heavy (non-hydrogen) atoms. The molecule has 0 aromatic rings. The first kappa shape index (κ1) is 11.0. The van der Waals surface area contributed by atoms with Crippen LogP contribution in [0, 0.1) is 11.8 Å². The van der Waals surface area contributed by atoms with Crippen molar-refractivity contribution >= 4 is 0 Å². The van der Waals surface area contributed by atoms with Crippen LogP contribution in [0.15, 0.2) is 0 Å². The van der Waals surface area contributed by atoms with E-state index in [2.05, 4.69) is 19.2 Å². The molecule has 0 radical (unpaired) electrons. The number of hydrogen-bond acceptors (Lipinski definition) is 1. The van der Waals surface area contributed by atoms with Crippen molar-refractivity contribution in [2.24, 2.45) is 11.8 Å². The topological polar surface area (TPSA) is 12.0 Å². The second kappa shape index (κ2) is 6.42. The quantitative estimate of drug-likeness (QED) is 0.598. The number of hydrogen-bond donors (Lipinski definition) is 1. The van der Waals surface area contributed by atoms with Gasteiger partial charge in [-0.1, -0.05) is 33.1 Å². The van der Waals surface area contributed by atoms with E-state index in [9.17, 15) is 0 Å². The first-order valence-corrected chi connectivity index (χ1v) is 5.99. The fourth-order valence-electron chi connectivity index (χ4n) is 1.81. The van der Waals surface area contributed by atoms with Gasteiger partial charge < -0.3 is 5.32 Å². The standard InChI is InChI=1S/C12H25N/c1-11(2)8-10-13-9-4-7-12-5-3-6-12/h11-13H,3-10H2,1-2H3. The highest BCUT2D eigenvalue weighted by molar-refractivity contribution is 4.69. The molecule has 0 amide bonds. The predicted octanol–water partition coefficient (Wildman–Crippen LogP) is 3.20. The third-order valence-electron chi connectivity index (χ3n) is 3.09. The van der Waals surface area contributed by atoms with Gasteiger partial charge in [-0.05, 0) is 44.2 Å². The van der Waals surface area contributed by atoms with E-state index in [-0.39, 0.29) is 0 Å². The molecule has 0 unspecified atom stereocenters. The summed E-state index contributed by atoms with van der Waals surface area (Å²) in [4.78, 5) is 0. The summed E-state index contributed by atoms with van der Waals surface area (Å²) in [7, 11) is 0. The van der Waals surface area contributed by atoms with E-state index in [1.165, 1.54) is 51.6 Å². The highest BCUT2D eigenvalue weighted by atomic mass is 14.8. The summed E-state index contributed by atoms with van der Waals surface area (Å²) in [5, 5.41) is 3.52. The Bertz CT molecular complexity index is 116. The van der Waals surface area contributed by atoms with E-state index in [0.29, 0.717) is 0 Å².